The van der Waals surface area contributed by atoms with Gasteiger partial charge in [0.15, 0.2) is 0 Å². The molecule has 0 saturated carbocycles. The second-order valence-electron chi connectivity index (χ2n) is 7.21. The van der Waals surface area contributed by atoms with Gasteiger partial charge in [0, 0.05) is 63.1 Å². The Morgan fingerprint density at radius 1 is 0.889 bits per heavy atom. The first-order valence-electron chi connectivity index (χ1n) is 9.46. The van der Waals surface area contributed by atoms with Crippen LogP contribution in [-0.4, -0.2) is 59.1 Å². The minimum absolute atomic E-state index is 0.0848. The Kier molecular flexibility index (Phi) is 5.15. The van der Waals surface area contributed by atoms with Crippen molar-refractivity contribution in [1.82, 2.24) is 19.9 Å². The van der Waals surface area contributed by atoms with Crippen LogP contribution in [0.15, 0.2) is 18.5 Å². The van der Waals surface area contributed by atoms with Gasteiger partial charge < -0.3 is 9.80 Å². The molecule has 2 aliphatic rings. The van der Waals surface area contributed by atoms with E-state index in [1.807, 2.05) is 13.0 Å². The van der Waals surface area contributed by atoms with E-state index < -0.39 is 11.6 Å². The minimum Gasteiger partial charge on any atom is -0.356 e. The lowest BCUT2D eigenvalue weighted by molar-refractivity contribution is 0.241. The topological polar surface area (TPSA) is 48.4 Å². The van der Waals surface area contributed by atoms with Gasteiger partial charge >= 0.3 is 0 Å². The van der Waals surface area contributed by atoms with Crippen LogP contribution in [0.2, 0.25) is 0 Å². The summed E-state index contributed by atoms with van der Waals surface area (Å²) in [6, 6.07) is 2.04. The summed E-state index contributed by atoms with van der Waals surface area (Å²) in [5, 5.41) is 0. The van der Waals surface area contributed by atoms with Gasteiger partial charge in [0.1, 0.15) is 17.5 Å². The first-order chi connectivity index (χ1) is 13.1. The molecule has 2 fully saturated rings. The van der Waals surface area contributed by atoms with Crippen molar-refractivity contribution in [1.29, 1.82) is 0 Å². The van der Waals surface area contributed by atoms with Crippen molar-refractivity contribution in [3.05, 3.63) is 41.4 Å². The molecule has 8 heteroatoms. The molecule has 2 aliphatic heterocycles. The maximum absolute atomic E-state index is 13.8. The molecule has 4 heterocycles. The predicted molar refractivity (Wildman–Crippen MR) is 99.9 cm³/mol. The number of halogens is 2. The maximum atomic E-state index is 13.8. The van der Waals surface area contributed by atoms with Gasteiger partial charge in [-0.1, -0.05) is 0 Å². The molecule has 27 heavy (non-hydrogen) atoms. The highest BCUT2D eigenvalue weighted by Crippen LogP contribution is 2.22. The Bertz CT molecular complexity index is 781. The molecular formula is C19H24F2N6. The van der Waals surface area contributed by atoms with E-state index in [1.165, 1.54) is 12.8 Å². The molecule has 6 nitrogen and oxygen atoms in total. The summed E-state index contributed by atoms with van der Waals surface area (Å²) < 4.78 is 27.6. The van der Waals surface area contributed by atoms with E-state index in [2.05, 4.69) is 24.7 Å². The summed E-state index contributed by atoms with van der Waals surface area (Å²) in [5.41, 5.74) is 1.05. The molecule has 2 saturated heterocycles. The van der Waals surface area contributed by atoms with Gasteiger partial charge in [-0.15, -0.1) is 0 Å². The van der Waals surface area contributed by atoms with E-state index in [9.17, 15) is 8.78 Å². The first kappa shape index (κ1) is 18.0. The normalized spacial score (nSPS) is 18.3. The largest absolute Gasteiger partial charge is 0.356 e. The molecule has 0 N–H and O–H groups in total. The summed E-state index contributed by atoms with van der Waals surface area (Å²) in [5.74, 6) is 0.570. The average Bonchev–Trinajstić information content (AvgIpc) is 3.20. The molecular weight excluding hydrogens is 350 g/mol. The lowest BCUT2D eigenvalue weighted by atomic mass is 10.2. The number of nitrogens with zero attached hydrogens (tertiary/aromatic N) is 6. The molecule has 2 aromatic rings. The van der Waals surface area contributed by atoms with Crippen LogP contribution in [0, 0.1) is 18.6 Å². The zero-order chi connectivity index (χ0) is 18.8. The fourth-order valence-electron chi connectivity index (χ4n) is 3.70. The molecule has 4 rings (SSSR count). The lowest BCUT2D eigenvalue weighted by Crippen LogP contribution is -2.46. The van der Waals surface area contributed by atoms with Gasteiger partial charge in [0.05, 0.1) is 12.4 Å². The number of aromatic nitrogens is 3. The Morgan fingerprint density at radius 2 is 1.56 bits per heavy atom. The summed E-state index contributed by atoms with van der Waals surface area (Å²) in [4.78, 5) is 19.4. The highest BCUT2D eigenvalue weighted by Gasteiger charge is 2.23. The molecule has 0 unspecified atom stereocenters. The van der Waals surface area contributed by atoms with Crippen LogP contribution < -0.4 is 9.80 Å². The standard InChI is InChI=1S/C19H24F2N6/c1-14-10-18(26-4-2-3-5-26)24-19(23-14)27-8-6-25(7-9-27)13-15-16(20)11-22-12-17(15)21/h10-12H,2-9,13H2,1H3. The predicted octanol–water partition coefficient (Wildman–Crippen LogP) is 2.38. The molecule has 0 radical (unpaired) electrons. The second-order valence-corrected chi connectivity index (χ2v) is 7.21. The van der Waals surface area contributed by atoms with Crippen molar-refractivity contribution in [2.24, 2.45) is 0 Å². The van der Waals surface area contributed by atoms with Gasteiger partial charge in [0.2, 0.25) is 5.95 Å². The third-order valence-electron chi connectivity index (χ3n) is 5.25. The molecule has 0 aliphatic carbocycles. The van der Waals surface area contributed by atoms with E-state index in [0.29, 0.717) is 13.1 Å². The van der Waals surface area contributed by atoms with Gasteiger partial charge in [-0.05, 0) is 19.8 Å². The van der Waals surface area contributed by atoms with Crippen LogP contribution >= 0.6 is 0 Å². The number of hydrogen-bond donors (Lipinski definition) is 0. The van der Waals surface area contributed by atoms with Crippen molar-refractivity contribution in [3.63, 3.8) is 0 Å². The zero-order valence-electron chi connectivity index (χ0n) is 15.5. The van der Waals surface area contributed by atoms with Crippen molar-refractivity contribution >= 4 is 11.8 Å². The Balaban J connectivity index is 1.42. The SMILES string of the molecule is Cc1cc(N2CCCC2)nc(N2CCN(Cc3c(F)cncc3F)CC2)n1. The fourth-order valence-corrected chi connectivity index (χ4v) is 3.70. The number of pyridine rings is 1. The van der Waals surface area contributed by atoms with Crippen molar-refractivity contribution in [2.75, 3.05) is 49.1 Å². The molecule has 144 valence electrons. The van der Waals surface area contributed by atoms with Crippen LogP contribution in [0.1, 0.15) is 24.1 Å². The summed E-state index contributed by atoms with van der Waals surface area (Å²) in [7, 11) is 0. The smallest absolute Gasteiger partial charge is 0.227 e. The number of aryl methyl sites for hydroxylation is 1. The monoisotopic (exact) mass is 374 g/mol. The first-order valence-corrected chi connectivity index (χ1v) is 9.46. The van der Waals surface area contributed by atoms with E-state index in [-0.39, 0.29) is 12.1 Å². The number of hydrogen-bond acceptors (Lipinski definition) is 6. The van der Waals surface area contributed by atoms with Crippen LogP contribution in [-0.2, 0) is 6.54 Å². The van der Waals surface area contributed by atoms with Crippen molar-refractivity contribution < 1.29 is 8.78 Å². The molecule has 0 aromatic carbocycles. The zero-order valence-corrected chi connectivity index (χ0v) is 15.5. The summed E-state index contributed by atoms with van der Waals surface area (Å²) >= 11 is 0. The van der Waals surface area contributed by atoms with Crippen LogP contribution in [0.5, 0.6) is 0 Å². The van der Waals surface area contributed by atoms with E-state index >= 15 is 0 Å². The van der Waals surface area contributed by atoms with Gasteiger partial charge in [-0.2, -0.15) is 4.98 Å². The van der Waals surface area contributed by atoms with E-state index in [0.717, 1.165) is 56.0 Å². The molecule has 2 aromatic heterocycles. The summed E-state index contributed by atoms with van der Waals surface area (Å²) in [6.07, 6.45) is 4.54. The number of anilines is 2. The molecule has 0 bridgehead atoms. The minimum atomic E-state index is -0.588. The van der Waals surface area contributed by atoms with Crippen LogP contribution in [0.4, 0.5) is 20.5 Å². The van der Waals surface area contributed by atoms with E-state index in [1.54, 1.807) is 0 Å². The number of rotatable bonds is 4. The maximum Gasteiger partial charge on any atom is 0.227 e. The third kappa shape index (κ3) is 4.00. The lowest BCUT2D eigenvalue weighted by Gasteiger charge is -2.35. The van der Waals surface area contributed by atoms with Crippen molar-refractivity contribution in [3.8, 4) is 0 Å². The highest BCUT2D eigenvalue weighted by atomic mass is 19.1. The Hall–Kier alpha value is -2.35. The van der Waals surface area contributed by atoms with Crippen molar-refractivity contribution in [2.45, 2.75) is 26.3 Å². The van der Waals surface area contributed by atoms with Crippen LogP contribution in [0.3, 0.4) is 0 Å². The highest BCUT2D eigenvalue weighted by molar-refractivity contribution is 5.46. The summed E-state index contributed by atoms with van der Waals surface area (Å²) in [6.45, 7) is 7.22. The second kappa shape index (κ2) is 7.72. The van der Waals surface area contributed by atoms with Gasteiger partial charge in [-0.25, -0.2) is 13.8 Å². The van der Waals surface area contributed by atoms with Crippen LogP contribution in [0.25, 0.3) is 0 Å². The Labute approximate surface area is 157 Å². The average molecular weight is 374 g/mol. The third-order valence-corrected chi connectivity index (χ3v) is 5.25. The quantitative estimate of drug-likeness (QED) is 0.819. The fraction of sp³-hybridized carbons (Fsp3) is 0.526. The molecule has 0 spiro atoms. The van der Waals surface area contributed by atoms with E-state index in [4.69, 9.17) is 4.98 Å². The molecule has 0 amide bonds. The van der Waals surface area contributed by atoms with Gasteiger partial charge in [0.25, 0.3) is 0 Å². The van der Waals surface area contributed by atoms with Gasteiger partial charge in [-0.3, -0.25) is 9.88 Å². The molecule has 0 atom stereocenters. The number of piperazine rings is 1. The Morgan fingerprint density at radius 3 is 2.22 bits per heavy atom.